The summed E-state index contributed by atoms with van der Waals surface area (Å²) < 4.78 is 33.5. The highest BCUT2D eigenvalue weighted by molar-refractivity contribution is 7.13. The van der Waals surface area contributed by atoms with E-state index in [1.807, 2.05) is 31.4 Å². The Morgan fingerprint density at radius 1 is 1.16 bits per heavy atom. The molecule has 1 aromatic carbocycles. The molecule has 1 aliphatic heterocycles. The number of halogens is 2. The molecular weight excluding hydrogens is 506 g/mol. The Labute approximate surface area is 226 Å². The van der Waals surface area contributed by atoms with Crippen LogP contribution in [0.3, 0.4) is 0 Å². The molecule has 0 amide bonds. The lowest BCUT2D eigenvalue weighted by Crippen LogP contribution is -2.29. The maximum atomic E-state index is 13.1. The second kappa shape index (κ2) is 10.6. The molecule has 0 radical (unpaired) electrons. The van der Waals surface area contributed by atoms with Crippen molar-refractivity contribution in [2.75, 3.05) is 26.2 Å². The van der Waals surface area contributed by atoms with Crippen LogP contribution < -0.4 is 4.74 Å². The molecule has 3 heterocycles. The van der Waals surface area contributed by atoms with Gasteiger partial charge in [-0.05, 0) is 50.1 Å². The molecule has 38 heavy (non-hydrogen) atoms. The number of aryl methyl sites for hydroxylation is 1. The van der Waals surface area contributed by atoms with Gasteiger partial charge in [0.1, 0.15) is 0 Å². The molecule has 204 valence electrons. The molecule has 3 aromatic rings. The molecule has 2 aliphatic carbocycles. The van der Waals surface area contributed by atoms with Gasteiger partial charge in [-0.2, -0.15) is 5.10 Å². The van der Waals surface area contributed by atoms with Gasteiger partial charge in [-0.15, -0.1) is 0 Å². The van der Waals surface area contributed by atoms with E-state index in [9.17, 15) is 13.6 Å². The molecule has 0 bridgehead atoms. The first-order valence-corrected chi connectivity index (χ1v) is 14.8. The van der Waals surface area contributed by atoms with Crippen molar-refractivity contribution in [2.45, 2.75) is 63.7 Å². The minimum Gasteiger partial charge on any atom is -0.469 e. The largest absolute Gasteiger partial charge is 0.469 e. The first kappa shape index (κ1) is 25.9. The second-order valence-electron chi connectivity index (χ2n) is 11.5. The number of ketones is 1. The number of benzene rings is 1. The molecule has 0 saturated heterocycles. The zero-order valence-corrected chi connectivity index (χ0v) is 22.8. The number of aromatic nitrogens is 3. The fraction of sp³-hybridized carbons (Fsp3) is 0.621. The molecule has 0 spiro atoms. The van der Waals surface area contributed by atoms with Crippen LogP contribution in [0.25, 0.3) is 10.9 Å². The maximum Gasteiger partial charge on any atom is 0.273 e. The third-order valence-corrected chi connectivity index (χ3v) is 9.77. The van der Waals surface area contributed by atoms with Crippen LogP contribution in [0.15, 0.2) is 24.4 Å². The van der Waals surface area contributed by atoms with Gasteiger partial charge in [-0.25, -0.2) is 13.8 Å². The molecule has 2 aromatic heterocycles. The van der Waals surface area contributed by atoms with Crippen LogP contribution >= 0.6 is 11.3 Å². The van der Waals surface area contributed by atoms with E-state index in [1.165, 1.54) is 35.5 Å². The highest BCUT2D eigenvalue weighted by atomic mass is 32.1. The molecule has 1 atom stereocenters. The summed E-state index contributed by atoms with van der Waals surface area (Å²) in [6.07, 6.45) is 10.3. The van der Waals surface area contributed by atoms with Gasteiger partial charge in [-0.3, -0.25) is 9.48 Å². The molecule has 1 unspecified atom stereocenters. The number of carbonyl (C=O) groups excluding carboxylic acids is 1. The van der Waals surface area contributed by atoms with Crippen molar-refractivity contribution in [3.8, 4) is 5.19 Å². The maximum absolute atomic E-state index is 13.1. The van der Waals surface area contributed by atoms with Crippen LogP contribution in [0.5, 0.6) is 5.19 Å². The molecule has 6 nitrogen and oxygen atoms in total. The van der Waals surface area contributed by atoms with E-state index in [4.69, 9.17) is 4.74 Å². The number of Topliss-reactive ketones (excluding diaryl/α,β-unsaturated/α-hetero) is 1. The SMILES string of the molecule is Cn1cc2c(C(=O)CC3CCC(CCN4CCc5nc(OCC6CC6(F)F)sc5CC4)CC3)cccc2n1. The first-order valence-electron chi connectivity index (χ1n) is 14.0. The standard InChI is InChI=1S/C29H36F2N4O2S/c1-34-17-23-22(3-2-4-24(23)33-34)26(36)15-20-7-5-19(6-8-20)9-12-35-13-10-25-27(11-14-35)38-28(32-25)37-18-21-16-29(21,30)31/h2-4,17,19-21H,5-16,18H2,1H3. The number of thiazole rings is 1. The van der Waals surface area contributed by atoms with E-state index < -0.39 is 11.8 Å². The van der Waals surface area contributed by atoms with Gasteiger partial charge < -0.3 is 9.64 Å². The third kappa shape index (κ3) is 5.78. The highest BCUT2D eigenvalue weighted by Crippen LogP contribution is 2.48. The molecule has 0 N–H and O–H groups in total. The lowest BCUT2D eigenvalue weighted by molar-refractivity contribution is 0.0854. The average Bonchev–Trinajstić information content (AvgIpc) is 3.18. The van der Waals surface area contributed by atoms with Crippen molar-refractivity contribution in [3.05, 3.63) is 40.5 Å². The van der Waals surface area contributed by atoms with Gasteiger partial charge in [-0.1, -0.05) is 36.3 Å². The van der Waals surface area contributed by atoms with E-state index >= 15 is 0 Å². The summed E-state index contributed by atoms with van der Waals surface area (Å²) in [7, 11) is 1.90. The summed E-state index contributed by atoms with van der Waals surface area (Å²) >= 11 is 1.53. The minimum absolute atomic E-state index is 0.0597. The fourth-order valence-electron chi connectivity index (χ4n) is 6.16. The Bertz CT molecular complexity index is 1270. The average molecular weight is 543 g/mol. The van der Waals surface area contributed by atoms with Gasteiger partial charge in [0.25, 0.3) is 11.1 Å². The van der Waals surface area contributed by atoms with Crippen molar-refractivity contribution in [1.29, 1.82) is 0 Å². The number of carbonyl (C=O) groups is 1. The zero-order valence-electron chi connectivity index (χ0n) is 22.0. The fourth-order valence-corrected chi connectivity index (χ4v) is 7.11. The van der Waals surface area contributed by atoms with Crippen molar-refractivity contribution in [1.82, 2.24) is 19.7 Å². The van der Waals surface area contributed by atoms with E-state index in [0.717, 1.165) is 73.4 Å². The van der Waals surface area contributed by atoms with Crippen LogP contribution in [0.2, 0.25) is 0 Å². The van der Waals surface area contributed by atoms with Crippen LogP contribution in [-0.4, -0.2) is 57.6 Å². The van der Waals surface area contributed by atoms with Crippen molar-refractivity contribution in [2.24, 2.45) is 24.8 Å². The summed E-state index contributed by atoms with van der Waals surface area (Å²) in [5.41, 5.74) is 2.78. The van der Waals surface area contributed by atoms with Gasteiger partial charge in [0.05, 0.1) is 23.7 Å². The summed E-state index contributed by atoms with van der Waals surface area (Å²) in [6.45, 7) is 3.18. The second-order valence-corrected chi connectivity index (χ2v) is 12.6. The highest BCUT2D eigenvalue weighted by Gasteiger charge is 2.57. The number of alkyl halides is 2. The van der Waals surface area contributed by atoms with Crippen molar-refractivity contribution < 1.29 is 18.3 Å². The van der Waals surface area contributed by atoms with Gasteiger partial charge in [0.2, 0.25) is 0 Å². The van der Waals surface area contributed by atoms with Gasteiger partial charge in [0, 0.05) is 61.4 Å². The van der Waals surface area contributed by atoms with Crippen molar-refractivity contribution in [3.63, 3.8) is 0 Å². The van der Waals surface area contributed by atoms with E-state index in [0.29, 0.717) is 17.5 Å². The molecule has 9 heteroatoms. The van der Waals surface area contributed by atoms with Crippen LogP contribution in [0.4, 0.5) is 8.78 Å². The number of nitrogens with zero attached hydrogens (tertiary/aromatic N) is 4. The summed E-state index contributed by atoms with van der Waals surface area (Å²) in [5.74, 6) is -1.72. The Morgan fingerprint density at radius 3 is 2.71 bits per heavy atom. The minimum atomic E-state index is -2.54. The number of hydrogen-bond acceptors (Lipinski definition) is 6. The summed E-state index contributed by atoms with van der Waals surface area (Å²) in [4.78, 5) is 21.5. The number of fused-ring (bicyclic) bond motifs is 2. The normalized spacial score (nSPS) is 25.2. The third-order valence-electron chi connectivity index (χ3n) is 8.70. The Hall–Kier alpha value is -2.39. The molecule has 2 saturated carbocycles. The lowest BCUT2D eigenvalue weighted by atomic mass is 9.78. The monoisotopic (exact) mass is 542 g/mol. The Morgan fingerprint density at radius 2 is 1.92 bits per heavy atom. The Kier molecular flexibility index (Phi) is 7.24. The van der Waals surface area contributed by atoms with Crippen LogP contribution in [0.1, 0.15) is 65.9 Å². The molecule has 6 rings (SSSR count). The summed E-state index contributed by atoms with van der Waals surface area (Å²) in [6, 6.07) is 5.84. The topological polar surface area (TPSA) is 60.2 Å². The van der Waals surface area contributed by atoms with Crippen LogP contribution in [0, 0.1) is 17.8 Å². The lowest BCUT2D eigenvalue weighted by Gasteiger charge is -2.30. The summed E-state index contributed by atoms with van der Waals surface area (Å²) in [5, 5.41) is 5.95. The van der Waals surface area contributed by atoms with Gasteiger partial charge >= 0.3 is 0 Å². The molecule has 3 aliphatic rings. The molecule has 2 fully saturated rings. The quantitative estimate of drug-likeness (QED) is 0.314. The van der Waals surface area contributed by atoms with Crippen molar-refractivity contribution >= 4 is 28.0 Å². The first-order chi connectivity index (χ1) is 18.3. The molecular formula is C29H36F2N4O2S. The number of ether oxygens (including phenoxy) is 1. The van der Waals surface area contributed by atoms with Gasteiger partial charge in [0.15, 0.2) is 5.78 Å². The van der Waals surface area contributed by atoms with Crippen LogP contribution in [-0.2, 0) is 19.9 Å². The number of hydrogen-bond donors (Lipinski definition) is 0. The smallest absolute Gasteiger partial charge is 0.273 e. The van der Waals surface area contributed by atoms with E-state index in [2.05, 4.69) is 15.0 Å². The predicted octanol–water partition coefficient (Wildman–Crippen LogP) is 5.93. The number of rotatable bonds is 9. The Balaban J connectivity index is 0.920. The van der Waals surface area contributed by atoms with E-state index in [-0.39, 0.29) is 18.8 Å². The van der Waals surface area contributed by atoms with E-state index in [1.54, 1.807) is 4.68 Å². The predicted molar refractivity (Wildman–Crippen MR) is 144 cm³/mol. The zero-order chi connectivity index (χ0) is 26.3.